The Kier molecular flexibility index (Phi) is 3.35. The molecule has 1 aliphatic heterocycles. The number of hydrogen-bond acceptors (Lipinski definition) is 5. The average molecular weight is 285 g/mol. The number of nitrogens with zero attached hydrogens (tertiary/aromatic N) is 2. The Morgan fingerprint density at radius 2 is 2.10 bits per heavy atom. The van der Waals surface area contributed by atoms with Gasteiger partial charge >= 0.3 is 0 Å². The van der Waals surface area contributed by atoms with Gasteiger partial charge in [-0.3, -0.25) is 0 Å². The first kappa shape index (κ1) is 12.8. The minimum atomic E-state index is 0.0760. The summed E-state index contributed by atoms with van der Waals surface area (Å²) in [7, 11) is 0. The van der Waals surface area contributed by atoms with Crippen molar-refractivity contribution in [3.63, 3.8) is 0 Å². The lowest BCUT2D eigenvalue weighted by Crippen LogP contribution is -2.17. The van der Waals surface area contributed by atoms with E-state index in [0.717, 1.165) is 42.6 Å². The van der Waals surface area contributed by atoms with E-state index < -0.39 is 0 Å². The van der Waals surface area contributed by atoms with Crippen LogP contribution in [-0.2, 0) is 6.42 Å². The van der Waals surface area contributed by atoms with Gasteiger partial charge in [-0.1, -0.05) is 18.2 Å². The van der Waals surface area contributed by atoms with Gasteiger partial charge in [-0.25, -0.2) is 0 Å². The molecular weight excluding hydrogens is 266 g/mol. The van der Waals surface area contributed by atoms with Gasteiger partial charge in [-0.05, 0) is 31.9 Å². The molecule has 1 saturated carbocycles. The van der Waals surface area contributed by atoms with Crippen LogP contribution in [0.5, 0.6) is 5.75 Å². The van der Waals surface area contributed by atoms with Crippen LogP contribution in [0.2, 0.25) is 0 Å². The van der Waals surface area contributed by atoms with Crippen LogP contribution in [-0.4, -0.2) is 29.4 Å². The quantitative estimate of drug-likeness (QED) is 0.825. The van der Waals surface area contributed by atoms with Crippen molar-refractivity contribution in [2.45, 2.75) is 37.6 Å². The second-order valence-electron chi connectivity index (χ2n) is 5.77. The van der Waals surface area contributed by atoms with E-state index in [-0.39, 0.29) is 5.92 Å². The molecule has 2 heterocycles. The Labute approximate surface area is 123 Å². The van der Waals surface area contributed by atoms with E-state index >= 15 is 0 Å². The normalized spacial score (nSPS) is 20.3. The van der Waals surface area contributed by atoms with Gasteiger partial charge in [0.1, 0.15) is 12.4 Å². The molecule has 0 radical (unpaired) electrons. The number of fused-ring (bicyclic) bond motifs is 1. The first-order chi connectivity index (χ1) is 10.4. The zero-order valence-electron chi connectivity index (χ0n) is 11.9. The summed E-state index contributed by atoms with van der Waals surface area (Å²) in [6, 6.07) is 8.80. The highest BCUT2D eigenvalue weighted by atomic mass is 16.5. The lowest BCUT2D eigenvalue weighted by molar-refractivity contribution is 0.320. The Morgan fingerprint density at radius 3 is 3.00 bits per heavy atom. The number of rotatable bonds is 6. The van der Waals surface area contributed by atoms with Crippen LogP contribution in [0.4, 0.5) is 0 Å². The molecule has 110 valence electrons. The summed E-state index contributed by atoms with van der Waals surface area (Å²) in [6.07, 6.45) is 4.52. The molecule has 1 N–H and O–H groups in total. The van der Waals surface area contributed by atoms with Gasteiger partial charge in [0.05, 0.1) is 5.92 Å². The molecule has 21 heavy (non-hydrogen) atoms. The standard InChI is InChI=1S/C16H19N3O2/c1-2-5-14-12(4-1)13(10-20-14)16-19-18-15(21-16)6-3-9-17-11-7-8-11/h1-2,4-5,11,13,17H,3,6-10H2. The third-order valence-electron chi connectivity index (χ3n) is 4.06. The maximum Gasteiger partial charge on any atom is 0.227 e. The third-order valence-corrected chi connectivity index (χ3v) is 4.06. The third kappa shape index (κ3) is 2.78. The predicted octanol–water partition coefficient (Wildman–Crippen LogP) is 2.28. The highest BCUT2D eigenvalue weighted by Crippen LogP contribution is 2.37. The molecule has 1 aromatic carbocycles. The van der Waals surface area contributed by atoms with Gasteiger partial charge in [0.2, 0.25) is 11.8 Å². The van der Waals surface area contributed by atoms with E-state index in [1.807, 2.05) is 18.2 Å². The molecule has 2 aromatic rings. The van der Waals surface area contributed by atoms with Crippen molar-refractivity contribution in [3.8, 4) is 5.75 Å². The number of para-hydroxylation sites is 1. The highest BCUT2D eigenvalue weighted by Gasteiger charge is 2.29. The molecule has 4 rings (SSSR count). The van der Waals surface area contributed by atoms with Crippen LogP contribution in [0.15, 0.2) is 28.7 Å². The molecule has 1 atom stereocenters. The molecule has 0 amide bonds. The monoisotopic (exact) mass is 285 g/mol. The molecule has 1 aliphatic carbocycles. The Morgan fingerprint density at radius 1 is 1.19 bits per heavy atom. The molecule has 5 nitrogen and oxygen atoms in total. The lowest BCUT2D eigenvalue weighted by atomic mass is 10.0. The lowest BCUT2D eigenvalue weighted by Gasteiger charge is -2.02. The Hall–Kier alpha value is -1.88. The summed E-state index contributed by atoms with van der Waals surface area (Å²) >= 11 is 0. The van der Waals surface area contributed by atoms with Gasteiger partial charge in [0.15, 0.2) is 0 Å². The zero-order valence-corrected chi connectivity index (χ0v) is 11.9. The summed E-state index contributed by atoms with van der Waals surface area (Å²) in [5.74, 6) is 2.40. The number of ether oxygens (including phenoxy) is 1. The van der Waals surface area contributed by atoms with Gasteiger partial charge in [-0.15, -0.1) is 10.2 Å². The van der Waals surface area contributed by atoms with Crippen molar-refractivity contribution in [3.05, 3.63) is 41.6 Å². The first-order valence-electron chi connectivity index (χ1n) is 7.67. The molecule has 1 aromatic heterocycles. The van der Waals surface area contributed by atoms with Gasteiger partial charge < -0.3 is 14.5 Å². The number of aryl methyl sites for hydroxylation is 1. The summed E-state index contributed by atoms with van der Waals surface area (Å²) < 4.78 is 11.5. The smallest absolute Gasteiger partial charge is 0.227 e. The average Bonchev–Trinajstić information content (AvgIpc) is 3.06. The van der Waals surface area contributed by atoms with Crippen molar-refractivity contribution >= 4 is 0 Å². The van der Waals surface area contributed by atoms with E-state index in [1.165, 1.54) is 12.8 Å². The Bertz CT molecular complexity index is 621. The minimum absolute atomic E-state index is 0.0760. The molecule has 1 unspecified atom stereocenters. The van der Waals surface area contributed by atoms with E-state index in [0.29, 0.717) is 12.5 Å². The van der Waals surface area contributed by atoms with Crippen LogP contribution in [0.3, 0.4) is 0 Å². The van der Waals surface area contributed by atoms with Crippen molar-refractivity contribution in [1.82, 2.24) is 15.5 Å². The molecule has 0 spiro atoms. The van der Waals surface area contributed by atoms with Crippen molar-refractivity contribution in [1.29, 1.82) is 0 Å². The second kappa shape index (κ2) is 5.48. The second-order valence-corrected chi connectivity index (χ2v) is 5.77. The minimum Gasteiger partial charge on any atom is -0.492 e. The van der Waals surface area contributed by atoms with Crippen molar-refractivity contribution < 1.29 is 9.15 Å². The fourth-order valence-electron chi connectivity index (χ4n) is 2.71. The molecule has 1 fully saturated rings. The topological polar surface area (TPSA) is 60.2 Å². The van der Waals surface area contributed by atoms with E-state index in [9.17, 15) is 0 Å². The number of aromatic nitrogens is 2. The fraction of sp³-hybridized carbons (Fsp3) is 0.500. The molecule has 5 heteroatoms. The maximum absolute atomic E-state index is 5.82. The van der Waals surface area contributed by atoms with Crippen LogP contribution in [0.1, 0.15) is 42.5 Å². The van der Waals surface area contributed by atoms with Crippen LogP contribution >= 0.6 is 0 Å². The predicted molar refractivity (Wildman–Crippen MR) is 77.4 cm³/mol. The van der Waals surface area contributed by atoms with Crippen LogP contribution in [0.25, 0.3) is 0 Å². The molecule has 0 bridgehead atoms. The van der Waals surface area contributed by atoms with Crippen molar-refractivity contribution in [2.75, 3.05) is 13.2 Å². The van der Waals surface area contributed by atoms with Gasteiger partial charge in [-0.2, -0.15) is 0 Å². The van der Waals surface area contributed by atoms with Crippen LogP contribution in [0, 0.1) is 0 Å². The molecule has 0 saturated heterocycles. The number of nitrogens with one attached hydrogen (secondary N) is 1. The van der Waals surface area contributed by atoms with E-state index in [4.69, 9.17) is 9.15 Å². The molecule has 2 aliphatic rings. The van der Waals surface area contributed by atoms with Crippen LogP contribution < -0.4 is 10.1 Å². The first-order valence-corrected chi connectivity index (χ1v) is 7.67. The summed E-state index contributed by atoms with van der Waals surface area (Å²) in [5.41, 5.74) is 1.14. The largest absolute Gasteiger partial charge is 0.492 e. The summed E-state index contributed by atoms with van der Waals surface area (Å²) in [4.78, 5) is 0. The Balaban J connectivity index is 1.38. The number of benzene rings is 1. The highest BCUT2D eigenvalue weighted by molar-refractivity contribution is 5.42. The van der Waals surface area contributed by atoms with Gasteiger partial charge in [0, 0.05) is 18.0 Å². The SMILES string of the molecule is c1ccc2c(c1)OCC2c1nnc(CCCNC2CC2)o1. The summed E-state index contributed by atoms with van der Waals surface area (Å²) in [6.45, 7) is 1.61. The van der Waals surface area contributed by atoms with E-state index in [2.05, 4.69) is 21.6 Å². The van der Waals surface area contributed by atoms with E-state index in [1.54, 1.807) is 0 Å². The summed E-state index contributed by atoms with van der Waals surface area (Å²) in [5, 5.41) is 11.9. The fourth-order valence-corrected chi connectivity index (χ4v) is 2.71. The van der Waals surface area contributed by atoms with Gasteiger partial charge in [0.25, 0.3) is 0 Å². The maximum atomic E-state index is 5.82. The number of hydrogen-bond donors (Lipinski definition) is 1. The van der Waals surface area contributed by atoms with Crippen molar-refractivity contribution in [2.24, 2.45) is 0 Å². The zero-order chi connectivity index (χ0) is 14.1. The molecular formula is C16H19N3O2.